The molecule has 0 radical (unpaired) electrons. The molecular weight excluding hydrogens is 362 g/mol. The molecule has 8 nitrogen and oxygen atoms in total. The molecule has 0 aliphatic carbocycles. The molecular formula is C20H31N3O5. The first-order chi connectivity index (χ1) is 13.6. The van der Waals surface area contributed by atoms with Crippen LogP contribution in [0.15, 0.2) is 12.1 Å². The molecule has 2 atom stereocenters. The van der Waals surface area contributed by atoms with Crippen LogP contribution in [0, 0.1) is 5.92 Å². The Morgan fingerprint density at radius 3 is 3.00 bits per heavy atom. The number of methoxy groups -OCH3 is 1. The number of carbonyl (C=O) groups is 1. The molecule has 1 saturated heterocycles. The predicted octanol–water partition coefficient (Wildman–Crippen LogP) is 0.879. The van der Waals surface area contributed by atoms with Gasteiger partial charge in [-0.3, -0.25) is 4.79 Å². The molecule has 0 spiro atoms. The second-order valence-electron chi connectivity index (χ2n) is 7.42. The fourth-order valence-corrected chi connectivity index (χ4v) is 3.70. The summed E-state index contributed by atoms with van der Waals surface area (Å²) in [6, 6.07) is 3.29. The van der Waals surface area contributed by atoms with Crippen molar-refractivity contribution < 1.29 is 24.1 Å². The fourth-order valence-electron chi connectivity index (χ4n) is 3.70. The summed E-state index contributed by atoms with van der Waals surface area (Å²) in [5, 5.41) is 13.4. The molecule has 2 aliphatic heterocycles. The summed E-state index contributed by atoms with van der Waals surface area (Å²) >= 11 is 0. The first kappa shape index (κ1) is 20.7. The Labute approximate surface area is 165 Å². The third-order valence-electron chi connectivity index (χ3n) is 5.27. The average Bonchev–Trinajstić information content (AvgIpc) is 2.92. The summed E-state index contributed by atoms with van der Waals surface area (Å²) in [7, 11) is 1.69. The Bertz CT molecular complexity index is 669. The lowest BCUT2D eigenvalue weighted by molar-refractivity contribution is 0.0192. The first-order valence-corrected chi connectivity index (χ1v) is 9.95. The van der Waals surface area contributed by atoms with Gasteiger partial charge in [-0.2, -0.15) is 0 Å². The number of nitrogen functional groups attached to an aromatic ring is 1. The Balaban J connectivity index is 1.56. The second kappa shape index (κ2) is 9.95. The van der Waals surface area contributed by atoms with Gasteiger partial charge in [-0.05, 0) is 25.5 Å². The van der Waals surface area contributed by atoms with Gasteiger partial charge in [0, 0.05) is 57.4 Å². The molecule has 8 heteroatoms. The summed E-state index contributed by atoms with van der Waals surface area (Å²) in [6.07, 6.45) is 2.08. The smallest absolute Gasteiger partial charge is 0.255 e. The van der Waals surface area contributed by atoms with E-state index in [0.717, 1.165) is 39.0 Å². The van der Waals surface area contributed by atoms with E-state index in [-0.39, 0.29) is 11.8 Å². The van der Waals surface area contributed by atoms with Crippen LogP contribution in [0.4, 0.5) is 5.69 Å². The van der Waals surface area contributed by atoms with Gasteiger partial charge in [0.25, 0.3) is 5.91 Å². The van der Waals surface area contributed by atoms with E-state index in [1.165, 1.54) is 0 Å². The SMILES string of the molecule is COCCCN1CC[C@@H](CNC(=O)c2cc(N)cc3c2OCCCO3)C(O)C1. The molecule has 0 saturated carbocycles. The standard InChI is InChI=1S/C20H31N3O5/c1-26-7-2-5-23-6-4-14(17(24)13-23)12-22-20(25)16-10-15(21)11-18-19(16)28-9-3-8-27-18/h10-11,14,17,24H,2-9,12-13,21H2,1H3,(H,22,25)/t14-,17?/m0/s1. The number of hydrogen-bond acceptors (Lipinski definition) is 7. The number of nitrogens with one attached hydrogen (secondary N) is 1. The normalized spacial score (nSPS) is 22.5. The van der Waals surface area contributed by atoms with E-state index < -0.39 is 6.10 Å². The number of nitrogens with zero attached hydrogens (tertiary/aromatic N) is 1. The number of fused-ring (bicyclic) bond motifs is 1. The summed E-state index contributed by atoms with van der Waals surface area (Å²) < 4.78 is 16.4. The number of ether oxygens (including phenoxy) is 3. The average molecular weight is 393 g/mol. The van der Waals surface area contributed by atoms with Crippen molar-refractivity contribution in [2.75, 3.05) is 58.8 Å². The maximum atomic E-state index is 12.8. The molecule has 28 heavy (non-hydrogen) atoms. The van der Waals surface area contributed by atoms with Crippen LogP contribution < -0.4 is 20.5 Å². The minimum absolute atomic E-state index is 0.0273. The molecule has 0 aromatic heterocycles. The van der Waals surface area contributed by atoms with Crippen LogP contribution in [0.3, 0.4) is 0 Å². The number of aliphatic hydroxyl groups excluding tert-OH is 1. The molecule has 1 unspecified atom stereocenters. The monoisotopic (exact) mass is 393 g/mol. The van der Waals surface area contributed by atoms with Crippen LogP contribution in [0.2, 0.25) is 0 Å². The van der Waals surface area contributed by atoms with Crippen molar-refractivity contribution in [2.45, 2.75) is 25.4 Å². The van der Waals surface area contributed by atoms with Gasteiger partial charge in [0.15, 0.2) is 11.5 Å². The van der Waals surface area contributed by atoms with Gasteiger partial charge in [0.2, 0.25) is 0 Å². The van der Waals surface area contributed by atoms with Crippen LogP contribution in [-0.2, 0) is 4.74 Å². The van der Waals surface area contributed by atoms with E-state index in [1.807, 2.05) is 0 Å². The molecule has 3 rings (SSSR count). The third kappa shape index (κ3) is 5.27. The van der Waals surface area contributed by atoms with E-state index in [0.29, 0.717) is 49.1 Å². The van der Waals surface area contributed by atoms with Crippen molar-refractivity contribution in [1.29, 1.82) is 0 Å². The Hall–Kier alpha value is -2.03. The number of amides is 1. The second-order valence-corrected chi connectivity index (χ2v) is 7.42. The van der Waals surface area contributed by atoms with Crippen LogP contribution >= 0.6 is 0 Å². The topological polar surface area (TPSA) is 106 Å². The van der Waals surface area contributed by atoms with Gasteiger partial charge in [-0.25, -0.2) is 0 Å². The molecule has 156 valence electrons. The van der Waals surface area contributed by atoms with E-state index in [4.69, 9.17) is 19.9 Å². The lowest BCUT2D eigenvalue weighted by Crippen LogP contribution is -2.48. The number of nitrogens with two attached hydrogens (primary N) is 1. The van der Waals surface area contributed by atoms with Crippen LogP contribution in [-0.4, -0.2) is 75.1 Å². The third-order valence-corrected chi connectivity index (χ3v) is 5.27. The van der Waals surface area contributed by atoms with Crippen molar-refractivity contribution in [3.63, 3.8) is 0 Å². The number of likely N-dealkylation sites (tertiary alicyclic amines) is 1. The maximum Gasteiger partial charge on any atom is 0.255 e. The zero-order valence-electron chi connectivity index (χ0n) is 16.5. The molecule has 0 bridgehead atoms. The van der Waals surface area contributed by atoms with Gasteiger partial charge in [0.1, 0.15) is 0 Å². The highest BCUT2D eigenvalue weighted by molar-refractivity contribution is 5.98. The minimum Gasteiger partial charge on any atom is -0.489 e. The van der Waals surface area contributed by atoms with Crippen molar-refractivity contribution in [3.8, 4) is 11.5 Å². The van der Waals surface area contributed by atoms with Gasteiger partial charge in [0.05, 0.1) is 24.9 Å². The van der Waals surface area contributed by atoms with Crippen molar-refractivity contribution >= 4 is 11.6 Å². The van der Waals surface area contributed by atoms with Gasteiger partial charge in [-0.1, -0.05) is 0 Å². The lowest BCUT2D eigenvalue weighted by atomic mass is 9.93. The van der Waals surface area contributed by atoms with E-state index in [1.54, 1.807) is 19.2 Å². The molecule has 1 aromatic carbocycles. The number of anilines is 1. The number of aliphatic hydroxyl groups is 1. The molecule has 2 aliphatic rings. The minimum atomic E-state index is -0.464. The maximum absolute atomic E-state index is 12.8. The molecule has 1 aromatic rings. The number of piperidine rings is 1. The van der Waals surface area contributed by atoms with Crippen molar-refractivity contribution in [1.82, 2.24) is 10.2 Å². The van der Waals surface area contributed by atoms with Crippen molar-refractivity contribution in [3.05, 3.63) is 17.7 Å². The Kier molecular flexibility index (Phi) is 7.36. The summed E-state index contributed by atoms with van der Waals surface area (Å²) in [5.41, 5.74) is 6.76. The quantitative estimate of drug-likeness (QED) is 0.466. The Morgan fingerprint density at radius 1 is 1.39 bits per heavy atom. The van der Waals surface area contributed by atoms with Crippen LogP contribution in [0.25, 0.3) is 0 Å². The van der Waals surface area contributed by atoms with Crippen LogP contribution in [0.5, 0.6) is 11.5 Å². The first-order valence-electron chi connectivity index (χ1n) is 9.95. The van der Waals surface area contributed by atoms with Crippen LogP contribution in [0.1, 0.15) is 29.6 Å². The number of β-amino-alcohol motifs (C(OH)–C–C–N with tert-alkyl or cyclic N) is 1. The predicted molar refractivity (Wildman–Crippen MR) is 106 cm³/mol. The highest BCUT2D eigenvalue weighted by atomic mass is 16.5. The zero-order valence-corrected chi connectivity index (χ0v) is 16.5. The molecule has 2 heterocycles. The van der Waals surface area contributed by atoms with E-state index in [9.17, 15) is 9.90 Å². The fraction of sp³-hybridized carbons (Fsp3) is 0.650. The number of benzene rings is 1. The van der Waals surface area contributed by atoms with Gasteiger partial charge < -0.3 is 35.3 Å². The molecule has 4 N–H and O–H groups in total. The van der Waals surface area contributed by atoms with E-state index >= 15 is 0 Å². The zero-order chi connectivity index (χ0) is 19.9. The Morgan fingerprint density at radius 2 is 2.21 bits per heavy atom. The number of rotatable bonds is 7. The highest BCUT2D eigenvalue weighted by Crippen LogP contribution is 2.35. The lowest BCUT2D eigenvalue weighted by Gasteiger charge is -2.36. The van der Waals surface area contributed by atoms with Crippen molar-refractivity contribution in [2.24, 2.45) is 5.92 Å². The summed E-state index contributed by atoms with van der Waals surface area (Å²) in [4.78, 5) is 15.0. The largest absolute Gasteiger partial charge is 0.489 e. The van der Waals surface area contributed by atoms with Gasteiger partial charge >= 0.3 is 0 Å². The molecule has 1 fully saturated rings. The van der Waals surface area contributed by atoms with E-state index in [2.05, 4.69) is 10.2 Å². The summed E-state index contributed by atoms with van der Waals surface area (Å²) in [6.45, 7) is 4.61. The molecule has 1 amide bonds. The highest BCUT2D eigenvalue weighted by Gasteiger charge is 2.28. The summed E-state index contributed by atoms with van der Waals surface area (Å²) in [5.74, 6) is 0.716. The number of carbonyl (C=O) groups excluding carboxylic acids is 1. The van der Waals surface area contributed by atoms with Gasteiger partial charge in [-0.15, -0.1) is 0 Å². The number of hydrogen-bond donors (Lipinski definition) is 3.